The molecular formula is C39H54N4OSi2. The Labute approximate surface area is 279 Å². The van der Waals surface area contributed by atoms with Gasteiger partial charge in [-0.2, -0.15) is 0 Å². The quantitative estimate of drug-likeness (QED) is 0.111. The predicted molar refractivity (Wildman–Crippen MR) is 199 cm³/mol. The molecule has 0 saturated carbocycles. The summed E-state index contributed by atoms with van der Waals surface area (Å²) < 4.78 is 0. The Morgan fingerprint density at radius 2 is 0.674 bits per heavy atom. The van der Waals surface area contributed by atoms with Crippen LogP contribution >= 0.6 is 0 Å². The van der Waals surface area contributed by atoms with E-state index < -0.39 is 27.0 Å². The van der Waals surface area contributed by atoms with Gasteiger partial charge in [-0.15, -0.1) is 11.1 Å². The van der Waals surface area contributed by atoms with E-state index in [-0.39, 0.29) is 16.6 Å². The summed E-state index contributed by atoms with van der Waals surface area (Å²) in [4.78, 5) is 24.8. The van der Waals surface area contributed by atoms with E-state index in [1.54, 1.807) is 0 Å². The zero-order valence-corrected chi connectivity index (χ0v) is 32.5. The van der Waals surface area contributed by atoms with Crippen LogP contribution in [0.4, 0.5) is 0 Å². The fraction of sp³-hybridized carbons (Fsp3) is 0.462. The fourth-order valence-corrected chi connectivity index (χ4v) is 6.93. The summed E-state index contributed by atoms with van der Waals surface area (Å²) in [5.74, 6) is 7.66. The van der Waals surface area contributed by atoms with E-state index in [0.29, 0.717) is 0 Å². The van der Waals surface area contributed by atoms with E-state index in [2.05, 4.69) is 172 Å². The number of carbonyl (C=O) groups excluding carboxylic acids is 1. The summed E-state index contributed by atoms with van der Waals surface area (Å²) in [6.45, 7) is 30.5. The highest BCUT2D eigenvalue weighted by Crippen LogP contribution is 2.41. The molecule has 0 unspecified atom stereocenters. The van der Waals surface area contributed by atoms with Crippen molar-refractivity contribution in [2.24, 2.45) is 0 Å². The molecular weight excluding hydrogens is 597 g/mol. The molecule has 46 heavy (non-hydrogen) atoms. The van der Waals surface area contributed by atoms with Gasteiger partial charge in [-0.3, -0.25) is 0 Å². The number of hydrogen-bond acceptors (Lipinski definition) is 1. The van der Waals surface area contributed by atoms with Crippen molar-refractivity contribution in [3.8, 4) is 22.9 Å². The van der Waals surface area contributed by atoms with Crippen molar-refractivity contribution in [1.29, 1.82) is 0 Å². The van der Waals surface area contributed by atoms with Crippen LogP contribution in [0.5, 0.6) is 0 Å². The Bertz CT molecular complexity index is 1630. The molecule has 4 aromatic rings. The van der Waals surface area contributed by atoms with Gasteiger partial charge in [0.2, 0.25) is 0 Å². The number of nitrogens with one attached hydrogen (secondary N) is 4. The number of rotatable bonds is 0. The fourth-order valence-electron chi connectivity index (χ4n) is 5.68. The number of Topliss-reactive ketones (excluding diaryl/α,β-unsaturated/α-hetero) is 1. The first kappa shape index (κ1) is 35.2. The first-order chi connectivity index (χ1) is 21.0. The van der Waals surface area contributed by atoms with Crippen molar-refractivity contribution in [2.45, 2.75) is 116 Å². The predicted octanol–water partition coefficient (Wildman–Crippen LogP) is 8.93. The maximum atomic E-state index is 9.44. The van der Waals surface area contributed by atoms with Crippen LogP contribution in [0.15, 0.2) is 48.5 Å². The second kappa shape index (κ2) is 11.9. The lowest BCUT2D eigenvalue weighted by atomic mass is 9.84. The molecule has 4 N–H and O–H groups in total. The average molecular weight is 651 g/mol. The molecule has 0 spiro atoms. The Morgan fingerprint density at radius 3 is 0.870 bits per heavy atom. The molecule has 0 fully saturated rings. The Morgan fingerprint density at radius 1 is 0.478 bits per heavy atom. The van der Waals surface area contributed by atoms with Crippen molar-refractivity contribution in [3.63, 3.8) is 0 Å². The lowest BCUT2D eigenvalue weighted by Crippen LogP contribution is -2.28. The largest absolute Gasteiger partial charge is 0.360 e. The number of fused-ring (bicyclic) bond motifs is 8. The molecule has 0 amide bonds. The molecule has 8 bridgehead atoms. The van der Waals surface area contributed by atoms with E-state index in [1.165, 1.54) is 13.8 Å². The monoisotopic (exact) mass is 650 g/mol. The summed E-state index contributed by atoms with van der Waals surface area (Å²) in [6, 6.07) is 17.8. The zero-order chi connectivity index (χ0) is 34.5. The lowest BCUT2D eigenvalue weighted by molar-refractivity contribution is -0.115. The number of carbonyl (C=O) groups is 1. The third-order valence-electron chi connectivity index (χ3n) is 8.97. The van der Waals surface area contributed by atoms with E-state index in [9.17, 15) is 4.79 Å². The van der Waals surface area contributed by atoms with E-state index in [0.717, 1.165) is 45.6 Å². The molecule has 0 aliphatic carbocycles. The van der Waals surface area contributed by atoms with E-state index in [4.69, 9.17) is 0 Å². The highest BCUT2D eigenvalue weighted by Gasteiger charge is 2.38. The van der Waals surface area contributed by atoms with Gasteiger partial charge in [0.25, 0.3) is 0 Å². The molecule has 1 aliphatic heterocycles. The summed E-state index contributed by atoms with van der Waals surface area (Å²) in [5.41, 5.74) is 14.8. The molecule has 0 saturated heterocycles. The van der Waals surface area contributed by atoms with Crippen molar-refractivity contribution in [1.82, 2.24) is 19.9 Å². The topological polar surface area (TPSA) is 80.2 Å². The van der Waals surface area contributed by atoms with Gasteiger partial charge in [-0.05, 0) is 104 Å². The van der Waals surface area contributed by atoms with Crippen LogP contribution in [0.1, 0.15) is 101 Å². The minimum atomic E-state index is -1.62. The number of ketones is 1. The SMILES string of the molecule is CC(C)=O.CC1(C)c2ccc([nH]2)C(C)(C#C[Si](C)(C)C)c2ccc([nH]2)C(C)(C)c2ccc([nH]2)C(C)(C#C[Si](C)(C)C)c2ccc1[nH]2. The molecule has 5 rings (SSSR count). The van der Waals surface area contributed by atoms with Crippen molar-refractivity contribution in [3.05, 3.63) is 94.1 Å². The van der Waals surface area contributed by atoms with Crippen LogP contribution in [0, 0.1) is 22.9 Å². The number of hydrogen-bond donors (Lipinski definition) is 4. The Hall–Kier alpha value is -3.66. The summed E-state index contributed by atoms with van der Waals surface area (Å²) in [7, 11) is -3.24. The van der Waals surface area contributed by atoms with Crippen LogP contribution in [0.2, 0.25) is 39.3 Å². The average Bonchev–Trinajstić information content (AvgIpc) is 3.73. The van der Waals surface area contributed by atoms with Gasteiger partial charge in [0, 0.05) is 56.4 Å². The third-order valence-corrected chi connectivity index (χ3v) is 10.7. The van der Waals surface area contributed by atoms with Gasteiger partial charge in [0.1, 0.15) is 32.8 Å². The second-order valence-corrected chi connectivity index (χ2v) is 26.1. The van der Waals surface area contributed by atoms with Crippen LogP contribution in [-0.4, -0.2) is 41.9 Å². The first-order valence-electron chi connectivity index (χ1n) is 16.3. The number of aromatic nitrogens is 4. The Kier molecular flexibility index (Phi) is 9.07. The normalized spacial score (nSPS) is 21.5. The highest BCUT2D eigenvalue weighted by molar-refractivity contribution is 6.84. The molecule has 5 heterocycles. The maximum Gasteiger partial charge on any atom is 0.129 e. The summed E-state index contributed by atoms with van der Waals surface area (Å²) in [6.07, 6.45) is 0. The smallest absolute Gasteiger partial charge is 0.129 e. The van der Waals surface area contributed by atoms with Crippen molar-refractivity contribution >= 4 is 21.9 Å². The molecule has 0 radical (unpaired) electrons. The number of aromatic amines is 4. The zero-order valence-electron chi connectivity index (χ0n) is 30.5. The van der Waals surface area contributed by atoms with Gasteiger partial charge in [0.15, 0.2) is 0 Å². The van der Waals surface area contributed by atoms with Crippen molar-refractivity contribution in [2.75, 3.05) is 0 Å². The van der Waals surface area contributed by atoms with Gasteiger partial charge < -0.3 is 24.7 Å². The molecule has 7 heteroatoms. The maximum absolute atomic E-state index is 9.44. The number of H-pyrrole nitrogens is 4. The van der Waals surface area contributed by atoms with Gasteiger partial charge in [0.05, 0.1) is 0 Å². The van der Waals surface area contributed by atoms with Crippen molar-refractivity contribution < 1.29 is 4.79 Å². The first-order valence-corrected chi connectivity index (χ1v) is 23.3. The molecule has 0 aromatic carbocycles. The van der Waals surface area contributed by atoms with Crippen LogP contribution in [-0.2, 0) is 26.5 Å². The standard InChI is InChI=1S/C36H48N4Si2.C3H6O/c1-33(2)25-13-17-29(37-25)35(5,21-23-41(7,8)9)31-19-15-27(39-31)34(3,4)28-16-20-32(40-28)36(6,22-24-42(10,11)12)30-18-14-26(33)38-30;1-3(2)4/h13-20,37-40H,1-12H3;1-2H3. The lowest BCUT2D eigenvalue weighted by Gasteiger charge is -2.28. The minimum Gasteiger partial charge on any atom is -0.360 e. The van der Waals surface area contributed by atoms with Gasteiger partial charge in [-0.25, -0.2) is 0 Å². The molecule has 0 atom stereocenters. The summed E-state index contributed by atoms with van der Waals surface area (Å²) in [5, 5.41) is 0. The Balaban J connectivity index is 0.00000113. The van der Waals surface area contributed by atoms with Crippen LogP contribution < -0.4 is 0 Å². The highest BCUT2D eigenvalue weighted by atomic mass is 28.3. The third kappa shape index (κ3) is 7.02. The molecule has 4 aromatic heterocycles. The van der Waals surface area contributed by atoms with E-state index in [1.807, 2.05) is 0 Å². The molecule has 1 aliphatic rings. The molecule has 5 nitrogen and oxygen atoms in total. The minimum absolute atomic E-state index is 0.167. The van der Waals surface area contributed by atoms with Gasteiger partial charge >= 0.3 is 0 Å². The molecule has 244 valence electrons. The second-order valence-electron chi connectivity index (χ2n) is 16.6. The van der Waals surface area contributed by atoms with E-state index >= 15 is 0 Å². The van der Waals surface area contributed by atoms with Crippen LogP contribution in [0.25, 0.3) is 0 Å². The summed E-state index contributed by atoms with van der Waals surface area (Å²) >= 11 is 0. The van der Waals surface area contributed by atoms with Gasteiger partial charge in [-0.1, -0.05) is 51.1 Å². The van der Waals surface area contributed by atoms with Crippen LogP contribution in [0.3, 0.4) is 0 Å².